The molecule has 1 aromatic carbocycles. The van der Waals surface area contributed by atoms with Gasteiger partial charge < -0.3 is 9.64 Å². The number of carbonyl (C=O) groups is 1. The molecule has 0 saturated carbocycles. The molecule has 1 aliphatic rings. The van der Waals surface area contributed by atoms with Crippen molar-refractivity contribution in [2.45, 2.75) is 32.4 Å². The lowest BCUT2D eigenvalue weighted by atomic mass is 9.86. The van der Waals surface area contributed by atoms with Crippen LogP contribution in [0.4, 0.5) is 18.9 Å². The summed E-state index contributed by atoms with van der Waals surface area (Å²) in [5.74, 6) is 0.446. The lowest BCUT2D eigenvalue weighted by molar-refractivity contribution is -0.141. The topological polar surface area (TPSA) is 42.4 Å². The van der Waals surface area contributed by atoms with Crippen LogP contribution in [0.25, 0.3) is 10.9 Å². The van der Waals surface area contributed by atoms with Crippen LogP contribution in [0, 0.1) is 11.8 Å². The molecule has 7 heteroatoms. The van der Waals surface area contributed by atoms with E-state index in [9.17, 15) is 18.0 Å². The summed E-state index contributed by atoms with van der Waals surface area (Å²) < 4.78 is 44.7. The summed E-state index contributed by atoms with van der Waals surface area (Å²) in [7, 11) is 1.37. The molecule has 1 aliphatic heterocycles. The molecule has 0 radical (unpaired) electrons. The summed E-state index contributed by atoms with van der Waals surface area (Å²) in [5.41, 5.74) is 0.0294. The van der Waals surface area contributed by atoms with Gasteiger partial charge in [-0.2, -0.15) is 13.2 Å². The van der Waals surface area contributed by atoms with Gasteiger partial charge in [-0.3, -0.25) is 9.78 Å². The number of alkyl halides is 3. The van der Waals surface area contributed by atoms with Gasteiger partial charge in [0, 0.05) is 36.8 Å². The second-order valence-corrected chi connectivity index (χ2v) is 7.26. The van der Waals surface area contributed by atoms with Crippen molar-refractivity contribution >= 4 is 22.6 Å². The normalized spacial score (nSPS) is 20.7. The number of benzene rings is 1. The van der Waals surface area contributed by atoms with Crippen LogP contribution in [-0.2, 0) is 15.7 Å². The minimum absolute atomic E-state index is 0.0214. The van der Waals surface area contributed by atoms with Gasteiger partial charge in [0.1, 0.15) is 0 Å². The van der Waals surface area contributed by atoms with E-state index in [0.717, 1.165) is 24.7 Å². The van der Waals surface area contributed by atoms with E-state index in [1.54, 1.807) is 18.2 Å². The van der Waals surface area contributed by atoms with E-state index in [4.69, 9.17) is 4.74 Å². The van der Waals surface area contributed by atoms with Gasteiger partial charge in [0.05, 0.1) is 18.2 Å². The number of ether oxygens (including phenoxy) is 1. The van der Waals surface area contributed by atoms with Gasteiger partial charge in [-0.1, -0.05) is 6.92 Å². The predicted octanol–water partition coefficient (Wildman–Crippen LogP) is 4.67. The second kappa shape index (κ2) is 7.74. The quantitative estimate of drug-likeness (QED) is 0.723. The molecule has 0 unspecified atom stereocenters. The largest absolute Gasteiger partial charge is 0.469 e. The molecule has 27 heavy (non-hydrogen) atoms. The van der Waals surface area contributed by atoms with Crippen LogP contribution in [0.3, 0.4) is 0 Å². The first-order chi connectivity index (χ1) is 12.8. The average Bonchev–Trinajstić information content (AvgIpc) is 2.63. The van der Waals surface area contributed by atoms with E-state index < -0.39 is 11.7 Å². The number of fused-ring (bicyclic) bond motifs is 1. The van der Waals surface area contributed by atoms with Crippen LogP contribution < -0.4 is 4.90 Å². The van der Waals surface area contributed by atoms with Crippen LogP contribution in [-0.4, -0.2) is 31.2 Å². The summed E-state index contributed by atoms with van der Waals surface area (Å²) in [6, 6.07) is 6.01. The van der Waals surface area contributed by atoms with Gasteiger partial charge in [-0.25, -0.2) is 0 Å². The Bertz CT molecular complexity index is 822. The monoisotopic (exact) mass is 380 g/mol. The Morgan fingerprint density at radius 3 is 2.78 bits per heavy atom. The van der Waals surface area contributed by atoms with E-state index >= 15 is 0 Å². The Labute approximate surface area is 156 Å². The number of hydrogen-bond donors (Lipinski definition) is 0. The molecule has 0 N–H and O–H groups in total. The number of esters is 1. The Hall–Kier alpha value is -2.31. The molecule has 146 valence electrons. The summed E-state index contributed by atoms with van der Waals surface area (Å²) in [5, 5.41) is 0.508. The first-order valence-corrected chi connectivity index (χ1v) is 9.06. The van der Waals surface area contributed by atoms with Crippen LogP contribution in [0.5, 0.6) is 0 Å². The van der Waals surface area contributed by atoms with Crippen LogP contribution in [0.15, 0.2) is 30.5 Å². The van der Waals surface area contributed by atoms with Crippen molar-refractivity contribution in [1.82, 2.24) is 4.98 Å². The molecule has 0 aliphatic carbocycles. The third-order valence-corrected chi connectivity index (χ3v) is 5.12. The van der Waals surface area contributed by atoms with Crippen molar-refractivity contribution in [3.63, 3.8) is 0 Å². The average molecular weight is 380 g/mol. The standard InChI is InChI=1S/C20H23F3N2O2/c1-13-10-14(5-8-18(26)27-2)12-25(11-13)17-7-6-16(20(21,22)23)19-15(17)4-3-9-24-19/h3-4,6-7,9,13-14H,5,8,10-12H2,1-2H3/t13-,14+/m0/s1. The molecule has 1 aromatic heterocycles. The summed E-state index contributed by atoms with van der Waals surface area (Å²) in [6.45, 7) is 3.60. The molecule has 1 fully saturated rings. The number of aromatic nitrogens is 1. The van der Waals surface area contributed by atoms with Gasteiger partial charge in [0.15, 0.2) is 0 Å². The highest BCUT2D eigenvalue weighted by molar-refractivity contribution is 5.94. The second-order valence-electron chi connectivity index (χ2n) is 7.26. The minimum Gasteiger partial charge on any atom is -0.469 e. The van der Waals surface area contributed by atoms with Crippen molar-refractivity contribution in [3.05, 3.63) is 36.0 Å². The number of halogens is 3. The van der Waals surface area contributed by atoms with E-state index in [0.29, 0.717) is 36.6 Å². The fourth-order valence-electron chi connectivity index (χ4n) is 3.97. The smallest absolute Gasteiger partial charge is 0.418 e. The lowest BCUT2D eigenvalue weighted by Gasteiger charge is -2.38. The molecule has 2 heterocycles. The summed E-state index contributed by atoms with van der Waals surface area (Å²) >= 11 is 0. The number of piperidine rings is 1. The maximum Gasteiger partial charge on any atom is 0.418 e. The van der Waals surface area contributed by atoms with Crippen molar-refractivity contribution in [1.29, 1.82) is 0 Å². The summed E-state index contributed by atoms with van der Waals surface area (Å²) in [4.78, 5) is 17.6. The third kappa shape index (κ3) is 4.34. The Kier molecular flexibility index (Phi) is 5.58. The SMILES string of the molecule is COC(=O)CC[C@@H]1C[C@H](C)CN(c2ccc(C(F)(F)F)c3ncccc23)C1. The molecule has 4 nitrogen and oxygen atoms in total. The van der Waals surface area contributed by atoms with E-state index in [1.807, 2.05) is 0 Å². The number of carbonyl (C=O) groups excluding carboxylic acids is 1. The van der Waals surface area contributed by atoms with Crippen LogP contribution in [0.1, 0.15) is 31.7 Å². The number of rotatable bonds is 4. The molecule has 2 aromatic rings. The number of anilines is 1. The maximum atomic E-state index is 13.3. The predicted molar refractivity (Wildman–Crippen MR) is 97.5 cm³/mol. The highest BCUT2D eigenvalue weighted by Crippen LogP contribution is 2.39. The van der Waals surface area contributed by atoms with Gasteiger partial charge in [0.25, 0.3) is 0 Å². The lowest BCUT2D eigenvalue weighted by Crippen LogP contribution is -2.40. The van der Waals surface area contributed by atoms with Crippen LogP contribution in [0.2, 0.25) is 0 Å². The zero-order valence-corrected chi connectivity index (χ0v) is 15.4. The Morgan fingerprint density at radius 2 is 2.07 bits per heavy atom. The van der Waals surface area contributed by atoms with E-state index in [2.05, 4.69) is 16.8 Å². The Balaban J connectivity index is 1.91. The fourth-order valence-corrected chi connectivity index (χ4v) is 3.97. The van der Waals surface area contributed by atoms with Crippen molar-refractivity contribution in [3.8, 4) is 0 Å². The fraction of sp³-hybridized carbons (Fsp3) is 0.500. The number of hydrogen-bond acceptors (Lipinski definition) is 4. The maximum absolute atomic E-state index is 13.3. The highest BCUT2D eigenvalue weighted by Gasteiger charge is 2.34. The number of nitrogens with zero attached hydrogens (tertiary/aromatic N) is 2. The van der Waals surface area contributed by atoms with Gasteiger partial charge in [-0.05, 0) is 48.9 Å². The van der Waals surface area contributed by atoms with E-state index in [1.165, 1.54) is 13.3 Å². The molecule has 0 bridgehead atoms. The van der Waals surface area contributed by atoms with Crippen LogP contribution >= 0.6 is 0 Å². The van der Waals surface area contributed by atoms with E-state index in [-0.39, 0.29) is 11.5 Å². The molecule has 1 saturated heterocycles. The number of pyridine rings is 1. The number of methoxy groups -OCH3 is 1. The highest BCUT2D eigenvalue weighted by atomic mass is 19.4. The molecule has 2 atom stereocenters. The first-order valence-electron chi connectivity index (χ1n) is 9.06. The molecular formula is C20H23F3N2O2. The molecular weight excluding hydrogens is 357 g/mol. The molecule has 0 amide bonds. The van der Waals surface area contributed by atoms with Gasteiger partial charge in [0.2, 0.25) is 0 Å². The van der Waals surface area contributed by atoms with Crippen molar-refractivity contribution in [2.75, 3.05) is 25.1 Å². The van der Waals surface area contributed by atoms with Gasteiger partial charge in [-0.15, -0.1) is 0 Å². The molecule has 0 spiro atoms. The third-order valence-electron chi connectivity index (χ3n) is 5.12. The van der Waals surface area contributed by atoms with Gasteiger partial charge >= 0.3 is 12.1 Å². The Morgan fingerprint density at radius 1 is 1.30 bits per heavy atom. The van der Waals surface area contributed by atoms with Crippen molar-refractivity contribution in [2.24, 2.45) is 11.8 Å². The zero-order chi connectivity index (χ0) is 19.6. The first kappa shape index (κ1) is 19.5. The minimum atomic E-state index is -4.44. The molecule has 3 rings (SSSR count). The zero-order valence-electron chi connectivity index (χ0n) is 15.4. The van der Waals surface area contributed by atoms with Crippen molar-refractivity contribution < 1.29 is 22.7 Å². The summed E-state index contributed by atoms with van der Waals surface area (Å²) in [6.07, 6.45) is -0.992.